The number of hydrogen-bond donors (Lipinski definition) is 2. The Morgan fingerprint density at radius 1 is 1.07 bits per heavy atom. The summed E-state index contributed by atoms with van der Waals surface area (Å²) < 4.78 is 0. The molecule has 4 heteroatoms. The number of nitrogens with two attached hydrogens (primary N) is 2. The Morgan fingerprint density at radius 3 is 2.07 bits per heavy atom. The Balaban J connectivity index is 4.04. The summed E-state index contributed by atoms with van der Waals surface area (Å²) in [5.41, 5.74) is 12.1. The van der Waals surface area contributed by atoms with Crippen molar-refractivity contribution in [3.63, 3.8) is 0 Å². The fourth-order valence-electron chi connectivity index (χ4n) is 0.823. The van der Waals surface area contributed by atoms with Crippen molar-refractivity contribution < 1.29 is 0 Å². The summed E-state index contributed by atoms with van der Waals surface area (Å²) in [4.78, 5) is 4.12. The van der Waals surface area contributed by atoms with Crippen molar-refractivity contribution in [1.82, 2.24) is 9.80 Å². The molecule has 14 heavy (non-hydrogen) atoms. The lowest BCUT2D eigenvalue weighted by Crippen LogP contribution is -2.31. The highest BCUT2D eigenvalue weighted by Gasteiger charge is 1.98. The minimum Gasteiger partial charge on any atom is -0.402 e. The van der Waals surface area contributed by atoms with Gasteiger partial charge in [0.2, 0.25) is 0 Å². The zero-order valence-electron chi connectivity index (χ0n) is 9.62. The molecule has 0 saturated carbocycles. The molecule has 0 aromatic carbocycles. The average molecular weight is 198 g/mol. The van der Waals surface area contributed by atoms with E-state index in [1.54, 1.807) is 0 Å². The summed E-state index contributed by atoms with van der Waals surface area (Å²) in [5.74, 6) is 0.733. The van der Waals surface area contributed by atoms with Crippen LogP contribution in [-0.2, 0) is 0 Å². The summed E-state index contributed by atoms with van der Waals surface area (Å²) in [6.45, 7) is 3.73. The average Bonchev–Trinajstić information content (AvgIpc) is 2.09. The largest absolute Gasteiger partial charge is 0.402 e. The van der Waals surface area contributed by atoms with Crippen LogP contribution in [0.4, 0.5) is 0 Å². The number of nitrogens with zero attached hydrogens (tertiary/aromatic N) is 2. The van der Waals surface area contributed by atoms with E-state index in [1.807, 2.05) is 45.1 Å². The molecule has 0 rings (SSSR count). The van der Waals surface area contributed by atoms with E-state index in [9.17, 15) is 0 Å². The highest BCUT2D eigenvalue weighted by molar-refractivity contribution is 5.12. The fraction of sp³-hybridized carbons (Fsp3) is 0.600. The minimum absolute atomic E-state index is 0.733. The standard InChI is InChI=1S/C10H22N4/c1-9(11)5-6-10(12)14(4)8-7-13(2)3/h5-6H,7-8,11-12H2,1-4H3/b9-5-,10-6+. The predicted octanol–water partition coefficient (Wildman–Crippen LogP) is 0.142. The summed E-state index contributed by atoms with van der Waals surface area (Å²) >= 11 is 0. The van der Waals surface area contributed by atoms with Gasteiger partial charge >= 0.3 is 0 Å². The van der Waals surface area contributed by atoms with E-state index < -0.39 is 0 Å². The highest BCUT2D eigenvalue weighted by atomic mass is 15.2. The van der Waals surface area contributed by atoms with Crippen LogP contribution in [0.15, 0.2) is 23.7 Å². The third-order valence-corrected chi connectivity index (χ3v) is 1.84. The maximum Gasteiger partial charge on any atom is 0.0984 e. The molecule has 0 saturated heterocycles. The molecule has 0 aliphatic carbocycles. The molecule has 0 fully saturated rings. The Bertz CT molecular complexity index is 214. The summed E-state index contributed by atoms with van der Waals surface area (Å²) in [5, 5.41) is 0. The van der Waals surface area contributed by atoms with Gasteiger partial charge in [0.1, 0.15) is 0 Å². The van der Waals surface area contributed by atoms with E-state index in [1.165, 1.54) is 0 Å². The van der Waals surface area contributed by atoms with Gasteiger partial charge in [0.05, 0.1) is 5.82 Å². The molecular weight excluding hydrogens is 176 g/mol. The molecule has 0 spiro atoms. The molecule has 0 unspecified atom stereocenters. The SMILES string of the molecule is C/C(N)=C/C=C(\N)N(C)CCN(C)C. The molecule has 4 nitrogen and oxygen atoms in total. The first-order chi connectivity index (χ1) is 6.43. The zero-order chi connectivity index (χ0) is 11.1. The topological polar surface area (TPSA) is 58.5 Å². The number of hydrogen-bond acceptors (Lipinski definition) is 4. The molecule has 0 atom stereocenters. The monoisotopic (exact) mass is 198 g/mol. The lowest BCUT2D eigenvalue weighted by molar-refractivity contribution is 0.324. The summed E-state index contributed by atoms with van der Waals surface area (Å²) in [6, 6.07) is 0. The predicted molar refractivity (Wildman–Crippen MR) is 61.4 cm³/mol. The van der Waals surface area contributed by atoms with Crippen LogP contribution in [0, 0.1) is 0 Å². The van der Waals surface area contributed by atoms with Crippen LogP contribution in [-0.4, -0.2) is 44.0 Å². The molecule has 0 aliphatic heterocycles. The summed E-state index contributed by atoms with van der Waals surface area (Å²) in [6.07, 6.45) is 3.63. The van der Waals surface area contributed by atoms with Gasteiger partial charge in [0, 0.05) is 25.8 Å². The maximum atomic E-state index is 5.82. The molecular formula is C10H22N4. The lowest BCUT2D eigenvalue weighted by atomic mass is 10.4. The van der Waals surface area contributed by atoms with Crippen LogP contribution >= 0.6 is 0 Å². The molecule has 4 N–H and O–H groups in total. The van der Waals surface area contributed by atoms with Crippen molar-refractivity contribution in [1.29, 1.82) is 0 Å². The molecule has 0 bridgehead atoms. The van der Waals surface area contributed by atoms with E-state index in [0.29, 0.717) is 0 Å². The summed E-state index contributed by atoms with van der Waals surface area (Å²) in [7, 11) is 6.05. The highest BCUT2D eigenvalue weighted by Crippen LogP contribution is 1.94. The molecule has 0 aromatic rings. The van der Waals surface area contributed by atoms with E-state index in [0.717, 1.165) is 24.6 Å². The van der Waals surface area contributed by atoms with Gasteiger partial charge in [-0.3, -0.25) is 0 Å². The molecule has 0 amide bonds. The second kappa shape index (κ2) is 6.32. The first-order valence-corrected chi connectivity index (χ1v) is 4.69. The third kappa shape index (κ3) is 6.37. The zero-order valence-corrected chi connectivity index (χ0v) is 9.62. The van der Waals surface area contributed by atoms with Crippen LogP contribution in [0.2, 0.25) is 0 Å². The Morgan fingerprint density at radius 2 is 1.64 bits per heavy atom. The van der Waals surface area contributed by atoms with Crippen LogP contribution < -0.4 is 11.5 Å². The van der Waals surface area contributed by atoms with Crippen LogP contribution in [0.1, 0.15) is 6.92 Å². The second-order valence-corrected chi connectivity index (χ2v) is 3.73. The Hall–Kier alpha value is -1.16. The van der Waals surface area contributed by atoms with E-state index in [-0.39, 0.29) is 0 Å². The van der Waals surface area contributed by atoms with E-state index in [2.05, 4.69) is 4.90 Å². The number of rotatable bonds is 5. The van der Waals surface area contributed by atoms with E-state index in [4.69, 9.17) is 11.5 Å². The molecule has 82 valence electrons. The Labute approximate surface area is 86.8 Å². The first-order valence-electron chi connectivity index (χ1n) is 4.69. The molecule has 0 heterocycles. The van der Waals surface area contributed by atoms with Crippen molar-refractivity contribution in [3.05, 3.63) is 23.7 Å². The van der Waals surface area contributed by atoms with Gasteiger partial charge in [-0.15, -0.1) is 0 Å². The first kappa shape index (κ1) is 12.8. The van der Waals surface area contributed by atoms with Gasteiger partial charge in [-0.1, -0.05) is 0 Å². The molecule has 0 radical (unpaired) electrons. The molecule has 0 aromatic heterocycles. The van der Waals surface area contributed by atoms with Gasteiger partial charge in [0.15, 0.2) is 0 Å². The minimum atomic E-state index is 0.733. The van der Waals surface area contributed by atoms with Crippen LogP contribution in [0.3, 0.4) is 0 Å². The third-order valence-electron chi connectivity index (χ3n) is 1.84. The van der Waals surface area contributed by atoms with Gasteiger partial charge in [-0.2, -0.15) is 0 Å². The van der Waals surface area contributed by atoms with Crippen LogP contribution in [0.25, 0.3) is 0 Å². The molecule has 0 aliphatic rings. The van der Waals surface area contributed by atoms with Gasteiger partial charge in [0.25, 0.3) is 0 Å². The maximum absolute atomic E-state index is 5.82. The van der Waals surface area contributed by atoms with Gasteiger partial charge in [-0.05, 0) is 33.2 Å². The second-order valence-electron chi connectivity index (χ2n) is 3.73. The normalized spacial score (nSPS) is 13.5. The van der Waals surface area contributed by atoms with Crippen LogP contribution in [0.5, 0.6) is 0 Å². The van der Waals surface area contributed by atoms with Crippen molar-refractivity contribution in [3.8, 4) is 0 Å². The number of likely N-dealkylation sites (N-methyl/N-ethyl adjacent to an activating group) is 2. The lowest BCUT2D eigenvalue weighted by Gasteiger charge is -2.21. The van der Waals surface area contributed by atoms with Gasteiger partial charge < -0.3 is 21.3 Å². The van der Waals surface area contributed by atoms with Crippen molar-refractivity contribution in [2.45, 2.75) is 6.92 Å². The van der Waals surface area contributed by atoms with Crippen molar-refractivity contribution >= 4 is 0 Å². The number of allylic oxidation sites excluding steroid dienone is 3. The van der Waals surface area contributed by atoms with Crippen molar-refractivity contribution in [2.75, 3.05) is 34.2 Å². The van der Waals surface area contributed by atoms with Gasteiger partial charge in [-0.25, -0.2) is 0 Å². The fourth-order valence-corrected chi connectivity index (χ4v) is 0.823. The van der Waals surface area contributed by atoms with E-state index >= 15 is 0 Å². The smallest absolute Gasteiger partial charge is 0.0984 e. The Kier molecular flexibility index (Phi) is 5.79. The quantitative estimate of drug-likeness (QED) is 0.617. The van der Waals surface area contributed by atoms with Crippen molar-refractivity contribution in [2.24, 2.45) is 11.5 Å².